The summed E-state index contributed by atoms with van der Waals surface area (Å²) in [7, 11) is 0. The summed E-state index contributed by atoms with van der Waals surface area (Å²) in [6, 6.07) is 0.374. The molecule has 1 aliphatic heterocycles. The molecule has 0 saturated carbocycles. The van der Waals surface area contributed by atoms with Crippen LogP contribution in [-0.2, 0) is 0 Å². The lowest BCUT2D eigenvalue weighted by atomic mass is 9.93. The van der Waals surface area contributed by atoms with Crippen molar-refractivity contribution in [2.75, 3.05) is 19.6 Å². The van der Waals surface area contributed by atoms with Crippen LogP contribution < -0.4 is 5.73 Å². The zero-order valence-corrected chi connectivity index (χ0v) is 8.64. The Kier molecular flexibility index (Phi) is 3.13. The third-order valence-electron chi connectivity index (χ3n) is 2.77. The zero-order valence-electron chi connectivity index (χ0n) is 8.64. The molecule has 0 aromatic carbocycles. The summed E-state index contributed by atoms with van der Waals surface area (Å²) in [5, 5.41) is 0. The van der Waals surface area contributed by atoms with Gasteiger partial charge in [-0.1, -0.05) is 20.8 Å². The summed E-state index contributed by atoms with van der Waals surface area (Å²) >= 11 is 0. The Hall–Kier alpha value is -0.0800. The maximum Gasteiger partial charge on any atom is 0.0165 e. The van der Waals surface area contributed by atoms with Crippen molar-refractivity contribution >= 4 is 0 Å². The third-order valence-corrected chi connectivity index (χ3v) is 2.77. The van der Waals surface area contributed by atoms with Crippen LogP contribution >= 0.6 is 0 Å². The topological polar surface area (TPSA) is 29.3 Å². The van der Waals surface area contributed by atoms with E-state index in [1.807, 2.05) is 0 Å². The van der Waals surface area contributed by atoms with E-state index < -0.39 is 0 Å². The second-order valence-electron chi connectivity index (χ2n) is 4.82. The average Bonchev–Trinajstić information content (AvgIpc) is 2.30. The van der Waals surface area contributed by atoms with Crippen molar-refractivity contribution in [3.8, 4) is 0 Å². The molecule has 0 amide bonds. The highest BCUT2D eigenvalue weighted by molar-refractivity contribution is 4.83. The number of rotatable bonds is 3. The van der Waals surface area contributed by atoms with Gasteiger partial charge >= 0.3 is 0 Å². The molecule has 2 N–H and O–H groups in total. The van der Waals surface area contributed by atoms with Crippen molar-refractivity contribution in [3.63, 3.8) is 0 Å². The van der Waals surface area contributed by atoms with Crippen LogP contribution in [0, 0.1) is 5.41 Å². The highest BCUT2D eigenvalue weighted by Gasteiger charge is 2.29. The van der Waals surface area contributed by atoms with Crippen LogP contribution in [0.1, 0.15) is 33.6 Å². The summed E-state index contributed by atoms with van der Waals surface area (Å²) in [5.41, 5.74) is 6.42. The van der Waals surface area contributed by atoms with Crippen LogP contribution in [0.3, 0.4) is 0 Å². The van der Waals surface area contributed by atoms with Crippen molar-refractivity contribution in [3.05, 3.63) is 0 Å². The molecule has 0 bridgehead atoms. The van der Waals surface area contributed by atoms with Crippen LogP contribution in [0.5, 0.6) is 0 Å². The van der Waals surface area contributed by atoms with Gasteiger partial charge in [-0.05, 0) is 24.8 Å². The molecular formula is C10H22N2. The largest absolute Gasteiger partial charge is 0.327 e. The maximum atomic E-state index is 5.90. The zero-order chi connectivity index (χ0) is 9.19. The first-order chi connectivity index (χ1) is 5.53. The van der Waals surface area contributed by atoms with E-state index >= 15 is 0 Å². The quantitative estimate of drug-likeness (QED) is 0.694. The Morgan fingerprint density at radius 2 is 2.17 bits per heavy atom. The normalized spacial score (nSPS) is 26.0. The van der Waals surface area contributed by atoms with E-state index in [0.29, 0.717) is 11.5 Å². The van der Waals surface area contributed by atoms with Gasteiger partial charge in [-0.3, -0.25) is 0 Å². The van der Waals surface area contributed by atoms with Crippen LogP contribution in [0.2, 0.25) is 0 Å². The fraction of sp³-hybridized carbons (Fsp3) is 1.00. The standard InChI is InChI=1S/C10H22N2/c1-4-9(11)7-12-6-5-10(2,3)8-12/h9H,4-8,11H2,1-3H3. The molecular weight excluding hydrogens is 148 g/mol. The first-order valence-electron chi connectivity index (χ1n) is 5.01. The molecule has 0 aromatic rings. The summed E-state index contributed by atoms with van der Waals surface area (Å²) in [4.78, 5) is 2.49. The van der Waals surface area contributed by atoms with Crippen molar-refractivity contribution in [1.29, 1.82) is 0 Å². The predicted molar refractivity (Wildman–Crippen MR) is 53.1 cm³/mol. The average molecular weight is 170 g/mol. The van der Waals surface area contributed by atoms with Gasteiger partial charge in [-0.15, -0.1) is 0 Å². The number of hydrogen-bond acceptors (Lipinski definition) is 2. The lowest BCUT2D eigenvalue weighted by Crippen LogP contribution is -2.36. The molecule has 2 nitrogen and oxygen atoms in total. The molecule has 1 fully saturated rings. The van der Waals surface area contributed by atoms with Gasteiger partial charge in [0.25, 0.3) is 0 Å². The van der Waals surface area contributed by atoms with E-state index in [1.165, 1.54) is 19.5 Å². The fourth-order valence-electron chi connectivity index (χ4n) is 1.84. The van der Waals surface area contributed by atoms with E-state index in [0.717, 1.165) is 13.0 Å². The minimum Gasteiger partial charge on any atom is -0.327 e. The van der Waals surface area contributed by atoms with Gasteiger partial charge in [0.05, 0.1) is 0 Å². The van der Waals surface area contributed by atoms with Crippen molar-refractivity contribution < 1.29 is 0 Å². The molecule has 0 spiro atoms. The molecule has 1 aliphatic rings. The van der Waals surface area contributed by atoms with E-state index in [2.05, 4.69) is 25.7 Å². The van der Waals surface area contributed by atoms with Gasteiger partial charge in [0.2, 0.25) is 0 Å². The van der Waals surface area contributed by atoms with E-state index in [4.69, 9.17) is 5.73 Å². The van der Waals surface area contributed by atoms with Crippen molar-refractivity contribution in [2.24, 2.45) is 11.1 Å². The second-order valence-corrected chi connectivity index (χ2v) is 4.82. The summed E-state index contributed by atoms with van der Waals surface area (Å²) < 4.78 is 0. The number of nitrogens with zero attached hydrogens (tertiary/aromatic N) is 1. The summed E-state index contributed by atoms with van der Waals surface area (Å²) in [6.45, 7) is 10.4. The van der Waals surface area contributed by atoms with Gasteiger partial charge in [0.1, 0.15) is 0 Å². The third kappa shape index (κ3) is 2.76. The molecule has 12 heavy (non-hydrogen) atoms. The predicted octanol–water partition coefficient (Wildman–Crippen LogP) is 1.46. The van der Waals surface area contributed by atoms with Crippen LogP contribution in [0.4, 0.5) is 0 Å². The molecule has 72 valence electrons. The van der Waals surface area contributed by atoms with Gasteiger partial charge in [-0.25, -0.2) is 0 Å². The summed E-state index contributed by atoms with van der Waals surface area (Å²) in [5.74, 6) is 0. The Bertz CT molecular complexity index is 143. The van der Waals surface area contributed by atoms with Crippen LogP contribution in [-0.4, -0.2) is 30.6 Å². The SMILES string of the molecule is CCC(N)CN1CCC(C)(C)C1. The molecule has 2 heteroatoms. The number of nitrogens with two attached hydrogens (primary N) is 1. The molecule has 1 unspecified atom stereocenters. The molecule has 1 heterocycles. The van der Waals surface area contributed by atoms with E-state index in [-0.39, 0.29) is 0 Å². The van der Waals surface area contributed by atoms with Crippen molar-refractivity contribution in [1.82, 2.24) is 4.90 Å². The van der Waals surface area contributed by atoms with Gasteiger partial charge in [-0.2, -0.15) is 0 Å². The highest BCUT2D eigenvalue weighted by Crippen LogP contribution is 2.28. The number of likely N-dealkylation sites (tertiary alicyclic amines) is 1. The minimum atomic E-state index is 0.374. The Labute approximate surface area is 76.1 Å². The Morgan fingerprint density at radius 3 is 2.58 bits per heavy atom. The second kappa shape index (κ2) is 3.75. The lowest BCUT2D eigenvalue weighted by Gasteiger charge is -2.22. The van der Waals surface area contributed by atoms with Gasteiger partial charge < -0.3 is 10.6 Å². The molecule has 0 aromatic heterocycles. The molecule has 1 saturated heterocycles. The Morgan fingerprint density at radius 1 is 1.50 bits per heavy atom. The molecule has 1 atom stereocenters. The van der Waals surface area contributed by atoms with Gasteiger partial charge in [0, 0.05) is 19.1 Å². The smallest absolute Gasteiger partial charge is 0.0165 e. The maximum absolute atomic E-state index is 5.90. The van der Waals surface area contributed by atoms with Crippen LogP contribution in [0.15, 0.2) is 0 Å². The van der Waals surface area contributed by atoms with Gasteiger partial charge in [0.15, 0.2) is 0 Å². The van der Waals surface area contributed by atoms with E-state index in [9.17, 15) is 0 Å². The number of hydrogen-bond donors (Lipinski definition) is 1. The Balaban J connectivity index is 2.28. The molecule has 0 aliphatic carbocycles. The summed E-state index contributed by atoms with van der Waals surface area (Å²) in [6.07, 6.45) is 2.42. The molecule has 0 radical (unpaired) electrons. The first-order valence-corrected chi connectivity index (χ1v) is 5.01. The van der Waals surface area contributed by atoms with Crippen molar-refractivity contribution in [2.45, 2.75) is 39.7 Å². The first kappa shape index (κ1) is 10.0. The molecule has 1 rings (SSSR count). The lowest BCUT2D eigenvalue weighted by molar-refractivity contribution is 0.273. The van der Waals surface area contributed by atoms with E-state index in [1.54, 1.807) is 0 Å². The fourth-order valence-corrected chi connectivity index (χ4v) is 1.84. The highest BCUT2D eigenvalue weighted by atomic mass is 15.2. The monoisotopic (exact) mass is 170 g/mol. The minimum absolute atomic E-state index is 0.374. The van der Waals surface area contributed by atoms with Crippen LogP contribution in [0.25, 0.3) is 0 Å².